The van der Waals surface area contributed by atoms with E-state index in [9.17, 15) is 0 Å². The number of guanidine groups is 1. The van der Waals surface area contributed by atoms with Crippen LogP contribution in [0.15, 0.2) is 27.0 Å². The fraction of sp³-hybridized carbons (Fsp3) is 0.588. The molecule has 146 valence electrons. The number of nitrogens with zero attached hydrogens (tertiary/aromatic N) is 4. The molecule has 26 heavy (non-hydrogen) atoms. The van der Waals surface area contributed by atoms with Crippen LogP contribution >= 0.6 is 35.3 Å². The third-order valence-electron chi connectivity index (χ3n) is 3.60. The van der Waals surface area contributed by atoms with Gasteiger partial charge in [0.1, 0.15) is 12.6 Å². The van der Waals surface area contributed by atoms with Crippen molar-refractivity contribution >= 4 is 41.3 Å². The maximum atomic E-state index is 5.47. The molecule has 0 aliphatic rings. The lowest BCUT2D eigenvalue weighted by molar-refractivity contribution is 0.0683. The van der Waals surface area contributed by atoms with E-state index in [1.807, 2.05) is 20.9 Å². The van der Waals surface area contributed by atoms with Gasteiger partial charge in [-0.3, -0.25) is 0 Å². The Morgan fingerprint density at radius 1 is 1.46 bits per heavy atom. The van der Waals surface area contributed by atoms with E-state index in [4.69, 9.17) is 9.26 Å². The van der Waals surface area contributed by atoms with Gasteiger partial charge in [-0.05, 0) is 38.6 Å². The van der Waals surface area contributed by atoms with Crippen molar-refractivity contribution in [3.8, 4) is 0 Å². The summed E-state index contributed by atoms with van der Waals surface area (Å²) < 4.78 is 10.7. The summed E-state index contributed by atoms with van der Waals surface area (Å²) in [4.78, 5) is 12.4. The van der Waals surface area contributed by atoms with Gasteiger partial charge in [0.05, 0.1) is 0 Å². The average molecular weight is 493 g/mol. The molecule has 0 saturated heterocycles. The van der Waals surface area contributed by atoms with Crippen LogP contribution in [0.4, 0.5) is 0 Å². The van der Waals surface area contributed by atoms with Gasteiger partial charge in [0, 0.05) is 31.6 Å². The Morgan fingerprint density at radius 2 is 2.27 bits per heavy atom. The van der Waals surface area contributed by atoms with Gasteiger partial charge in [-0.2, -0.15) is 4.98 Å². The predicted molar refractivity (Wildman–Crippen MR) is 115 cm³/mol. The van der Waals surface area contributed by atoms with Gasteiger partial charge in [0.15, 0.2) is 11.8 Å². The Balaban J connectivity index is 0.00000338. The number of aliphatic imine (C=N–C) groups is 1. The van der Waals surface area contributed by atoms with E-state index in [0.29, 0.717) is 24.9 Å². The standard InChI is InChI=1S/C17H27N5O2S.HI/c1-5-18-17(22(4)10-9-14-8-7-11-25-14)19-12-15-20-16(21-24-15)13(3)23-6-2;/h7-8,11,13H,5-6,9-10,12H2,1-4H3,(H,18,19);1H. The Kier molecular flexibility index (Phi) is 10.7. The number of rotatable bonds is 9. The van der Waals surface area contributed by atoms with Crippen LogP contribution in [0.25, 0.3) is 0 Å². The second-order valence-corrected chi connectivity index (χ2v) is 6.60. The molecule has 0 aliphatic heterocycles. The Labute approximate surface area is 176 Å². The third-order valence-corrected chi connectivity index (χ3v) is 4.53. The largest absolute Gasteiger partial charge is 0.371 e. The van der Waals surface area contributed by atoms with Crippen LogP contribution in [0.2, 0.25) is 0 Å². The zero-order valence-electron chi connectivity index (χ0n) is 15.8. The highest BCUT2D eigenvalue weighted by Gasteiger charge is 2.14. The van der Waals surface area contributed by atoms with Gasteiger partial charge in [0.25, 0.3) is 0 Å². The highest BCUT2D eigenvalue weighted by atomic mass is 127. The molecule has 1 unspecified atom stereocenters. The third kappa shape index (κ3) is 7.20. The van der Waals surface area contributed by atoms with Crippen molar-refractivity contribution in [2.75, 3.05) is 26.7 Å². The number of ether oxygens (including phenoxy) is 1. The minimum Gasteiger partial charge on any atom is -0.371 e. The molecule has 2 heterocycles. The lowest BCUT2D eigenvalue weighted by Crippen LogP contribution is -2.39. The van der Waals surface area contributed by atoms with Crippen LogP contribution in [0.3, 0.4) is 0 Å². The normalized spacial score (nSPS) is 12.5. The van der Waals surface area contributed by atoms with Crippen molar-refractivity contribution < 1.29 is 9.26 Å². The van der Waals surface area contributed by atoms with Crippen LogP contribution in [0.5, 0.6) is 0 Å². The quantitative estimate of drug-likeness (QED) is 0.328. The van der Waals surface area contributed by atoms with E-state index >= 15 is 0 Å². The van der Waals surface area contributed by atoms with Gasteiger partial charge in [-0.15, -0.1) is 35.3 Å². The summed E-state index contributed by atoms with van der Waals surface area (Å²) >= 11 is 1.78. The summed E-state index contributed by atoms with van der Waals surface area (Å²) in [7, 11) is 2.03. The van der Waals surface area contributed by atoms with Crippen molar-refractivity contribution in [1.82, 2.24) is 20.4 Å². The highest BCUT2D eigenvalue weighted by molar-refractivity contribution is 14.0. The van der Waals surface area contributed by atoms with Crippen LogP contribution < -0.4 is 5.32 Å². The summed E-state index contributed by atoms with van der Waals surface area (Å²) in [5.74, 6) is 1.88. The highest BCUT2D eigenvalue weighted by Crippen LogP contribution is 2.13. The van der Waals surface area contributed by atoms with Gasteiger partial charge in [-0.25, -0.2) is 4.99 Å². The maximum absolute atomic E-state index is 5.47. The first-order chi connectivity index (χ1) is 12.1. The van der Waals surface area contributed by atoms with Gasteiger partial charge in [0.2, 0.25) is 5.89 Å². The molecule has 9 heteroatoms. The predicted octanol–water partition coefficient (Wildman–Crippen LogP) is 3.49. The maximum Gasteiger partial charge on any atom is 0.248 e. The number of likely N-dealkylation sites (N-methyl/N-ethyl adjacent to an activating group) is 1. The van der Waals surface area contributed by atoms with Gasteiger partial charge < -0.3 is 19.5 Å². The Morgan fingerprint density at radius 3 is 2.92 bits per heavy atom. The SMILES string of the molecule is CCNC(=NCc1nc(C(C)OCC)no1)N(C)CCc1cccs1.I. The summed E-state index contributed by atoms with van der Waals surface area (Å²) in [6.45, 7) is 8.55. The lowest BCUT2D eigenvalue weighted by Gasteiger charge is -2.21. The molecule has 0 radical (unpaired) electrons. The first kappa shape index (κ1) is 22.8. The topological polar surface area (TPSA) is 75.8 Å². The fourth-order valence-electron chi connectivity index (χ4n) is 2.27. The van der Waals surface area contributed by atoms with E-state index in [1.165, 1.54) is 4.88 Å². The Hall–Kier alpha value is -1.20. The molecule has 7 nitrogen and oxygen atoms in total. The molecule has 0 amide bonds. The molecule has 1 N–H and O–H groups in total. The van der Waals surface area contributed by atoms with E-state index in [-0.39, 0.29) is 30.1 Å². The summed E-state index contributed by atoms with van der Waals surface area (Å²) in [5, 5.41) is 9.36. The van der Waals surface area contributed by atoms with Gasteiger partial charge >= 0.3 is 0 Å². The van der Waals surface area contributed by atoms with E-state index in [2.05, 4.69) is 49.8 Å². The monoisotopic (exact) mass is 493 g/mol. The second kappa shape index (κ2) is 12.2. The zero-order valence-corrected chi connectivity index (χ0v) is 18.9. The smallest absolute Gasteiger partial charge is 0.248 e. The molecular weight excluding hydrogens is 465 g/mol. The van der Waals surface area contributed by atoms with E-state index < -0.39 is 0 Å². The molecule has 0 aromatic carbocycles. The average Bonchev–Trinajstić information content (AvgIpc) is 3.28. The first-order valence-corrected chi connectivity index (χ1v) is 9.47. The zero-order chi connectivity index (χ0) is 18.1. The molecule has 0 bridgehead atoms. The summed E-state index contributed by atoms with van der Waals surface area (Å²) in [6.07, 6.45) is 0.822. The number of nitrogens with one attached hydrogen (secondary N) is 1. The minimum atomic E-state index is -0.173. The first-order valence-electron chi connectivity index (χ1n) is 8.59. The number of hydrogen-bond acceptors (Lipinski definition) is 6. The molecule has 0 fully saturated rings. The summed E-state index contributed by atoms with van der Waals surface area (Å²) in [6, 6.07) is 4.23. The van der Waals surface area contributed by atoms with Crippen molar-refractivity contribution in [1.29, 1.82) is 0 Å². The Bertz CT molecular complexity index is 647. The van der Waals surface area contributed by atoms with E-state index in [0.717, 1.165) is 25.5 Å². The van der Waals surface area contributed by atoms with Crippen molar-refractivity contribution in [2.45, 2.75) is 39.8 Å². The minimum absolute atomic E-state index is 0. The summed E-state index contributed by atoms with van der Waals surface area (Å²) in [5.41, 5.74) is 0. The number of aromatic nitrogens is 2. The number of halogens is 1. The van der Waals surface area contributed by atoms with Crippen molar-refractivity contribution in [3.63, 3.8) is 0 Å². The van der Waals surface area contributed by atoms with Crippen LogP contribution in [-0.2, 0) is 17.7 Å². The van der Waals surface area contributed by atoms with Crippen LogP contribution in [0.1, 0.15) is 43.5 Å². The molecule has 2 aromatic rings. The molecule has 0 aliphatic carbocycles. The second-order valence-electron chi connectivity index (χ2n) is 5.56. The van der Waals surface area contributed by atoms with E-state index in [1.54, 1.807) is 11.3 Å². The molecule has 2 rings (SSSR count). The van der Waals surface area contributed by atoms with Crippen LogP contribution in [0, 0.1) is 0 Å². The van der Waals surface area contributed by atoms with Crippen molar-refractivity contribution in [2.24, 2.45) is 4.99 Å². The van der Waals surface area contributed by atoms with Crippen molar-refractivity contribution in [3.05, 3.63) is 34.1 Å². The van der Waals surface area contributed by atoms with Gasteiger partial charge in [-0.1, -0.05) is 11.2 Å². The molecule has 0 saturated carbocycles. The van der Waals surface area contributed by atoms with Crippen LogP contribution in [-0.4, -0.2) is 47.7 Å². The lowest BCUT2D eigenvalue weighted by atomic mass is 10.3. The number of thiophene rings is 1. The molecule has 0 spiro atoms. The molecular formula is C17H28IN5O2S. The molecule has 2 aromatic heterocycles. The number of hydrogen-bond donors (Lipinski definition) is 1. The molecule has 1 atom stereocenters. The fourth-order valence-corrected chi connectivity index (χ4v) is 2.97.